The van der Waals surface area contributed by atoms with Crippen LogP contribution < -0.4 is 14.8 Å². The summed E-state index contributed by atoms with van der Waals surface area (Å²) in [5.74, 6) is -1.64. The van der Waals surface area contributed by atoms with Gasteiger partial charge >= 0.3 is 6.18 Å². The minimum absolute atomic E-state index is 0.0109. The van der Waals surface area contributed by atoms with E-state index in [1.54, 1.807) is 0 Å². The average molecular weight is 394 g/mol. The maximum absolute atomic E-state index is 12.9. The Kier molecular flexibility index (Phi) is 6.17. The van der Waals surface area contributed by atoms with Crippen LogP contribution in [0, 0.1) is 5.92 Å². The van der Waals surface area contributed by atoms with Crippen LogP contribution in [0.2, 0.25) is 0 Å². The maximum Gasteiger partial charge on any atom is 0.391 e. The number of sulfonamides is 1. The quantitative estimate of drug-likeness (QED) is 0.804. The van der Waals surface area contributed by atoms with Gasteiger partial charge in [0.25, 0.3) is 0 Å². The molecule has 1 aliphatic rings. The molecule has 26 heavy (non-hydrogen) atoms. The molecule has 1 fully saturated rings. The van der Waals surface area contributed by atoms with Crippen LogP contribution in [-0.4, -0.2) is 33.7 Å². The summed E-state index contributed by atoms with van der Waals surface area (Å²) in [6, 6.07) is 3.08. The van der Waals surface area contributed by atoms with E-state index in [2.05, 4.69) is 10.0 Å². The third-order valence-corrected chi connectivity index (χ3v) is 5.77. The van der Waals surface area contributed by atoms with Gasteiger partial charge in [0.15, 0.2) is 0 Å². The number of alkyl halides is 3. The van der Waals surface area contributed by atoms with Gasteiger partial charge in [-0.1, -0.05) is 6.42 Å². The smallest absolute Gasteiger partial charge is 0.391 e. The van der Waals surface area contributed by atoms with Gasteiger partial charge in [0.1, 0.15) is 5.75 Å². The monoisotopic (exact) mass is 394 g/mol. The van der Waals surface area contributed by atoms with Crippen LogP contribution in [0.25, 0.3) is 0 Å². The molecule has 146 valence electrons. The number of anilines is 1. The maximum atomic E-state index is 12.9. The fraction of sp³-hybridized carbons (Fsp3) is 0.562. The lowest BCUT2D eigenvalue weighted by Gasteiger charge is -2.30. The summed E-state index contributed by atoms with van der Waals surface area (Å²) >= 11 is 0. The average Bonchev–Trinajstić information content (AvgIpc) is 2.53. The molecule has 0 saturated heterocycles. The lowest BCUT2D eigenvalue weighted by atomic mass is 9.86. The van der Waals surface area contributed by atoms with Gasteiger partial charge in [-0.25, -0.2) is 13.1 Å². The van der Waals surface area contributed by atoms with Gasteiger partial charge in [-0.3, -0.25) is 4.79 Å². The normalized spacial score (nSPS) is 21.3. The predicted octanol–water partition coefficient (Wildman–Crippen LogP) is 3.05. The minimum Gasteiger partial charge on any atom is -0.495 e. The molecular weight excluding hydrogens is 373 g/mol. The van der Waals surface area contributed by atoms with Crippen molar-refractivity contribution in [1.82, 2.24) is 4.72 Å². The summed E-state index contributed by atoms with van der Waals surface area (Å²) in [5.41, 5.74) is 0.166. The van der Waals surface area contributed by atoms with E-state index in [1.165, 1.54) is 32.2 Å². The second-order valence-corrected chi connectivity index (χ2v) is 7.98. The number of rotatable bonds is 5. The molecule has 10 heteroatoms. The van der Waals surface area contributed by atoms with Crippen LogP contribution in [0.4, 0.5) is 18.9 Å². The van der Waals surface area contributed by atoms with E-state index in [1.807, 2.05) is 0 Å². The molecule has 1 saturated carbocycles. The van der Waals surface area contributed by atoms with E-state index in [0.717, 1.165) is 0 Å². The van der Waals surface area contributed by atoms with E-state index >= 15 is 0 Å². The SMILES string of the molecule is COc1ccc(S(=O)(=O)NC2CCCC(C(F)(F)F)C2)cc1NC(C)=O. The van der Waals surface area contributed by atoms with Gasteiger partial charge in [0, 0.05) is 13.0 Å². The predicted molar refractivity (Wildman–Crippen MR) is 89.4 cm³/mol. The summed E-state index contributed by atoms with van der Waals surface area (Å²) in [6.45, 7) is 1.26. The van der Waals surface area contributed by atoms with Crippen LogP contribution >= 0.6 is 0 Å². The van der Waals surface area contributed by atoms with Gasteiger partial charge in [0.2, 0.25) is 15.9 Å². The molecule has 2 rings (SSSR count). The zero-order valence-electron chi connectivity index (χ0n) is 14.4. The summed E-state index contributed by atoms with van der Waals surface area (Å²) < 4.78 is 71.2. The van der Waals surface area contributed by atoms with Crippen molar-refractivity contribution in [2.24, 2.45) is 5.92 Å². The molecule has 2 unspecified atom stereocenters. The number of ether oxygens (including phenoxy) is 1. The number of halogens is 3. The van der Waals surface area contributed by atoms with Gasteiger partial charge < -0.3 is 10.1 Å². The second kappa shape index (κ2) is 7.83. The molecule has 1 amide bonds. The number of hydrogen-bond donors (Lipinski definition) is 2. The standard InChI is InChI=1S/C16H21F3N2O4S/c1-10(22)20-14-9-13(6-7-15(14)25-2)26(23,24)21-12-5-3-4-11(8-12)16(17,18)19/h6-7,9,11-12,21H,3-5,8H2,1-2H3,(H,20,22). The summed E-state index contributed by atoms with van der Waals surface area (Å²) in [6.07, 6.45) is -3.95. The molecule has 0 bridgehead atoms. The van der Waals surface area contributed by atoms with E-state index in [-0.39, 0.29) is 29.2 Å². The molecule has 1 aliphatic carbocycles. The molecular formula is C16H21F3N2O4S. The minimum atomic E-state index is -4.33. The van der Waals surface area contributed by atoms with Crippen molar-refractivity contribution in [1.29, 1.82) is 0 Å². The third-order valence-electron chi connectivity index (χ3n) is 4.25. The molecule has 6 nitrogen and oxygen atoms in total. The fourth-order valence-corrected chi connectivity index (χ4v) is 4.33. The van der Waals surface area contributed by atoms with Crippen molar-refractivity contribution in [2.45, 2.75) is 49.7 Å². The van der Waals surface area contributed by atoms with Crippen molar-refractivity contribution in [3.05, 3.63) is 18.2 Å². The van der Waals surface area contributed by atoms with Crippen LogP contribution in [0.3, 0.4) is 0 Å². The van der Waals surface area contributed by atoms with Crippen molar-refractivity contribution in [3.63, 3.8) is 0 Å². The zero-order valence-corrected chi connectivity index (χ0v) is 15.2. The number of methoxy groups -OCH3 is 1. The third kappa shape index (κ3) is 5.10. The van der Waals surface area contributed by atoms with Crippen LogP contribution in [0.1, 0.15) is 32.6 Å². The van der Waals surface area contributed by atoms with Crippen LogP contribution in [0.15, 0.2) is 23.1 Å². The Morgan fingerprint density at radius 2 is 1.96 bits per heavy atom. The Balaban J connectivity index is 2.20. The highest BCUT2D eigenvalue weighted by atomic mass is 32.2. The van der Waals surface area contributed by atoms with Gasteiger partial charge in [-0.15, -0.1) is 0 Å². The molecule has 0 heterocycles. The highest BCUT2D eigenvalue weighted by molar-refractivity contribution is 7.89. The first-order valence-corrected chi connectivity index (χ1v) is 9.56. The van der Waals surface area contributed by atoms with Crippen molar-refractivity contribution < 1.29 is 31.1 Å². The molecule has 0 aliphatic heterocycles. The summed E-state index contributed by atoms with van der Waals surface area (Å²) in [7, 11) is -2.67. The lowest BCUT2D eigenvalue weighted by Crippen LogP contribution is -2.41. The molecule has 0 radical (unpaired) electrons. The first kappa shape index (κ1) is 20.5. The van der Waals surface area contributed by atoms with E-state index in [9.17, 15) is 26.4 Å². The van der Waals surface area contributed by atoms with Crippen LogP contribution in [-0.2, 0) is 14.8 Å². The highest BCUT2D eigenvalue weighted by Gasteiger charge is 2.42. The molecule has 0 spiro atoms. The molecule has 2 atom stereocenters. The van der Waals surface area contributed by atoms with Crippen LogP contribution in [0.5, 0.6) is 5.75 Å². The summed E-state index contributed by atoms with van der Waals surface area (Å²) in [5, 5.41) is 2.46. The number of amides is 1. The first-order valence-electron chi connectivity index (χ1n) is 8.07. The Hall–Kier alpha value is -1.81. The number of nitrogens with one attached hydrogen (secondary N) is 2. The van der Waals surface area contributed by atoms with Crippen molar-refractivity contribution in [3.8, 4) is 5.75 Å². The number of benzene rings is 1. The Morgan fingerprint density at radius 1 is 1.27 bits per heavy atom. The van der Waals surface area contributed by atoms with E-state index in [0.29, 0.717) is 12.8 Å². The molecule has 0 aromatic heterocycles. The highest BCUT2D eigenvalue weighted by Crippen LogP contribution is 2.38. The fourth-order valence-electron chi connectivity index (χ4n) is 3.02. The Bertz CT molecular complexity index is 765. The Labute approximate surface area is 150 Å². The van der Waals surface area contributed by atoms with E-state index in [4.69, 9.17) is 4.74 Å². The van der Waals surface area contributed by atoms with E-state index < -0.39 is 34.1 Å². The van der Waals surface area contributed by atoms with Crippen molar-refractivity contribution in [2.75, 3.05) is 12.4 Å². The van der Waals surface area contributed by atoms with Gasteiger partial charge in [0.05, 0.1) is 23.6 Å². The lowest BCUT2D eigenvalue weighted by molar-refractivity contribution is -0.183. The first-order chi connectivity index (χ1) is 12.0. The molecule has 1 aromatic carbocycles. The van der Waals surface area contributed by atoms with Gasteiger partial charge in [-0.05, 0) is 37.5 Å². The van der Waals surface area contributed by atoms with Crippen molar-refractivity contribution >= 4 is 21.6 Å². The molecule has 2 N–H and O–H groups in total. The topological polar surface area (TPSA) is 84.5 Å². The number of hydrogen-bond acceptors (Lipinski definition) is 4. The Morgan fingerprint density at radius 3 is 2.54 bits per heavy atom. The molecule has 1 aromatic rings. The zero-order chi connectivity index (χ0) is 19.5. The summed E-state index contributed by atoms with van der Waals surface area (Å²) in [4.78, 5) is 11.1. The second-order valence-electron chi connectivity index (χ2n) is 6.27. The van der Waals surface area contributed by atoms with Gasteiger partial charge in [-0.2, -0.15) is 13.2 Å². The number of carbonyl (C=O) groups excluding carboxylic acids is 1. The largest absolute Gasteiger partial charge is 0.495 e. The number of carbonyl (C=O) groups is 1.